The average molecular weight is 371 g/mol. The van der Waals surface area contributed by atoms with Crippen molar-refractivity contribution in [2.75, 3.05) is 13.7 Å². The highest BCUT2D eigenvalue weighted by Gasteiger charge is 2.22. The molecule has 1 aromatic heterocycles. The number of carbonyl (C=O) groups is 1. The van der Waals surface area contributed by atoms with E-state index in [1.54, 1.807) is 14.0 Å². The summed E-state index contributed by atoms with van der Waals surface area (Å²) in [6.45, 7) is 2.05. The van der Waals surface area contributed by atoms with E-state index in [1.807, 2.05) is 18.2 Å². The van der Waals surface area contributed by atoms with Crippen LogP contribution >= 0.6 is 27.7 Å². The molecule has 2 rings (SSSR count). The predicted octanol–water partition coefficient (Wildman–Crippen LogP) is 3.55. The Bertz CT molecular complexity index is 697. The number of rotatable bonds is 4. The van der Waals surface area contributed by atoms with Crippen LogP contribution in [0.3, 0.4) is 0 Å². The first-order valence-electron chi connectivity index (χ1n) is 6.30. The zero-order valence-corrected chi connectivity index (χ0v) is 14.1. The molecule has 0 spiro atoms. The number of thioether (sulfide) groups is 1. The second kappa shape index (κ2) is 7.00. The summed E-state index contributed by atoms with van der Waals surface area (Å²) in [5, 5.41) is 1.32. The van der Waals surface area contributed by atoms with E-state index >= 15 is 0 Å². The molecule has 0 aliphatic rings. The summed E-state index contributed by atoms with van der Waals surface area (Å²) >= 11 is 4.77. The number of hydrogen-bond donors (Lipinski definition) is 1. The zero-order chi connectivity index (χ0) is 15.4. The van der Waals surface area contributed by atoms with Gasteiger partial charge in [-0.25, -0.2) is 4.79 Å². The molecular formula is C14H15BrN2O3S. The van der Waals surface area contributed by atoms with Gasteiger partial charge in [-0.05, 0) is 25.1 Å². The van der Waals surface area contributed by atoms with E-state index < -0.39 is 5.97 Å². The van der Waals surface area contributed by atoms with E-state index in [1.165, 1.54) is 11.8 Å². The Morgan fingerprint density at radius 3 is 2.95 bits per heavy atom. The molecule has 0 amide bonds. The summed E-state index contributed by atoms with van der Waals surface area (Å²) in [5.74, 6) is 0.245. The van der Waals surface area contributed by atoms with Crippen LogP contribution in [0.2, 0.25) is 0 Å². The molecule has 2 aromatic rings. The number of amidine groups is 1. The van der Waals surface area contributed by atoms with Crippen molar-refractivity contribution in [2.45, 2.75) is 12.7 Å². The maximum absolute atomic E-state index is 12.0. The van der Waals surface area contributed by atoms with Crippen molar-refractivity contribution in [3.63, 3.8) is 0 Å². The van der Waals surface area contributed by atoms with Gasteiger partial charge in [0.05, 0.1) is 6.61 Å². The smallest absolute Gasteiger partial charge is 0.374 e. The molecule has 1 heterocycles. The highest BCUT2D eigenvalue weighted by Crippen LogP contribution is 2.32. The van der Waals surface area contributed by atoms with Gasteiger partial charge in [-0.3, -0.25) is 4.99 Å². The van der Waals surface area contributed by atoms with Crippen molar-refractivity contribution in [1.29, 1.82) is 0 Å². The number of carbonyl (C=O) groups excluding carboxylic acids is 1. The van der Waals surface area contributed by atoms with Gasteiger partial charge in [0.15, 0.2) is 5.17 Å². The van der Waals surface area contributed by atoms with Crippen molar-refractivity contribution < 1.29 is 13.9 Å². The lowest BCUT2D eigenvalue weighted by atomic mass is 10.1. The van der Waals surface area contributed by atoms with Gasteiger partial charge in [-0.15, -0.1) is 0 Å². The number of nitrogens with zero attached hydrogens (tertiary/aromatic N) is 1. The van der Waals surface area contributed by atoms with Crippen molar-refractivity contribution in [3.8, 4) is 0 Å². The average Bonchev–Trinajstić information content (AvgIpc) is 2.83. The maximum Gasteiger partial charge on any atom is 0.374 e. The SMILES string of the molecule is CCOC(=O)c1oc2ccc(Br)cc2c1CSC(N)=NC. The summed E-state index contributed by atoms with van der Waals surface area (Å²) in [7, 11) is 1.62. The fraction of sp³-hybridized carbons (Fsp3) is 0.286. The minimum atomic E-state index is -0.465. The van der Waals surface area contributed by atoms with Crippen LogP contribution in [0.1, 0.15) is 23.0 Å². The van der Waals surface area contributed by atoms with Gasteiger partial charge in [0.1, 0.15) is 5.58 Å². The second-order valence-electron chi connectivity index (χ2n) is 4.12. The minimum absolute atomic E-state index is 0.223. The van der Waals surface area contributed by atoms with Crippen LogP contribution in [0.25, 0.3) is 11.0 Å². The third kappa shape index (κ3) is 3.59. The molecule has 0 aliphatic carbocycles. The number of benzene rings is 1. The molecule has 0 aliphatic heterocycles. The van der Waals surface area contributed by atoms with Crippen LogP contribution in [0.5, 0.6) is 0 Å². The molecule has 21 heavy (non-hydrogen) atoms. The molecule has 5 nitrogen and oxygen atoms in total. The monoisotopic (exact) mass is 370 g/mol. The lowest BCUT2D eigenvalue weighted by Gasteiger charge is -2.03. The van der Waals surface area contributed by atoms with E-state index in [2.05, 4.69) is 20.9 Å². The molecule has 1 aromatic carbocycles. The first kappa shape index (κ1) is 15.9. The van der Waals surface area contributed by atoms with E-state index in [9.17, 15) is 4.79 Å². The van der Waals surface area contributed by atoms with Crippen LogP contribution in [0.15, 0.2) is 32.1 Å². The molecule has 0 fully saturated rings. The topological polar surface area (TPSA) is 77.8 Å². The highest BCUT2D eigenvalue weighted by molar-refractivity contribution is 9.10. The molecular weight excluding hydrogens is 356 g/mol. The van der Waals surface area contributed by atoms with Crippen molar-refractivity contribution in [3.05, 3.63) is 34.0 Å². The molecule has 0 radical (unpaired) electrons. The summed E-state index contributed by atoms with van der Waals surface area (Å²) < 4.78 is 11.6. The fourth-order valence-electron chi connectivity index (χ4n) is 1.84. The van der Waals surface area contributed by atoms with Crippen LogP contribution in [-0.4, -0.2) is 24.8 Å². The zero-order valence-electron chi connectivity index (χ0n) is 11.7. The van der Waals surface area contributed by atoms with E-state index in [0.717, 1.165) is 15.4 Å². The molecule has 7 heteroatoms. The van der Waals surface area contributed by atoms with Gasteiger partial charge in [0.25, 0.3) is 0 Å². The van der Waals surface area contributed by atoms with Gasteiger partial charge >= 0.3 is 5.97 Å². The number of aliphatic imine (C=N–C) groups is 1. The Hall–Kier alpha value is -1.47. The largest absolute Gasteiger partial charge is 0.460 e. The summed E-state index contributed by atoms with van der Waals surface area (Å²) in [6, 6.07) is 5.59. The van der Waals surface area contributed by atoms with Crippen molar-refractivity contribution >= 4 is 49.8 Å². The third-order valence-corrected chi connectivity index (χ3v) is 4.20. The van der Waals surface area contributed by atoms with Gasteiger partial charge in [0.2, 0.25) is 5.76 Å². The molecule has 0 saturated carbocycles. The minimum Gasteiger partial charge on any atom is -0.460 e. The Balaban J connectivity index is 2.47. The normalized spacial score (nSPS) is 11.9. The number of fused-ring (bicyclic) bond motifs is 1. The maximum atomic E-state index is 12.0. The van der Waals surface area contributed by atoms with Crippen molar-refractivity contribution in [1.82, 2.24) is 0 Å². The Kier molecular flexibility index (Phi) is 5.30. The molecule has 0 bridgehead atoms. The lowest BCUT2D eigenvalue weighted by Crippen LogP contribution is -2.08. The number of halogens is 1. The quantitative estimate of drug-likeness (QED) is 0.505. The number of hydrogen-bond acceptors (Lipinski definition) is 5. The van der Waals surface area contributed by atoms with Crippen LogP contribution in [-0.2, 0) is 10.5 Å². The van der Waals surface area contributed by atoms with Gasteiger partial charge < -0.3 is 14.9 Å². The Morgan fingerprint density at radius 2 is 2.29 bits per heavy atom. The highest BCUT2D eigenvalue weighted by atomic mass is 79.9. The standard InChI is InChI=1S/C14H15BrN2O3S/c1-3-19-13(18)12-10(7-21-14(16)17-2)9-6-8(15)4-5-11(9)20-12/h4-6H,3,7H2,1-2H3,(H2,16,17). The number of ether oxygens (including phenoxy) is 1. The first-order valence-corrected chi connectivity index (χ1v) is 8.07. The molecule has 112 valence electrons. The lowest BCUT2D eigenvalue weighted by molar-refractivity contribution is 0.0491. The number of furan rings is 1. The second-order valence-corrected chi connectivity index (χ2v) is 6.03. The van der Waals surface area contributed by atoms with E-state index in [4.69, 9.17) is 14.9 Å². The molecule has 0 unspecified atom stereocenters. The molecule has 0 atom stereocenters. The number of esters is 1. The predicted molar refractivity (Wildman–Crippen MR) is 88.7 cm³/mol. The van der Waals surface area contributed by atoms with E-state index in [0.29, 0.717) is 23.1 Å². The van der Waals surface area contributed by atoms with E-state index in [-0.39, 0.29) is 5.76 Å². The molecule has 2 N–H and O–H groups in total. The summed E-state index contributed by atoms with van der Waals surface area (Å²) in [4.78, 5) is 15.9. The summed E-state index contributed by atoms with van der Waals surface area (Å²) in [5.41, 5.74) is 7.11. The van der Waals surface area contributed by atoms with Gasteiger partial charge in [-0.2, -0.15) is 0 Å². The van der Waals surface area contributed by atoms with Crippen LogP contribution in [0.4, 0.5) is 0 Å². The fourth-order valence-corrected chi connectivity index (χ4v) is 2.91. The van der Waals surface area contributed by atoms with Gasteiger partial charge in [-0.1, -0.05) is 27.7 Å². The third-order valence-electron chi connectivity index (χ3n) is 2.80. The van der Waals surface area contributed by atoms with Gasteiger partial charge in [0, 0.05) is 28.2 Å². The van der Waals surface area contributed by atoms with Crippen LogP contribution < -0.4 is 5.73 Å². The summed E-state index contributed by atoms with van der Waals surface area (Å²) in [6.07, 6.45) is 0. The first-order chi connectivity index (χ1) is 10.1. The number of nitrogens with two attached hydrogens (primary N) is 1. The van der Waals surface area contributed by atoms with Crippen molar-refractivity contribution in [2.24, 2.45) is 10.7 Å². The molecule has 0 saturated heterocycles. The Morgan fingerprint density at radius 1 is 1.52 bits per heavy atom. The Labute approximate surface area is 135 Å². The van der Waals surface area contributed by atoms with Crippen LogP contribution in [0, 0.1) is 0 Å².